The molecule has 0 heterocycles. The first-order valence-corrected chi connectivity index (χ1v) is 10.7. The lowest BCUT2D eigenvalue weighted by atomic mass is 10.1. The van der Waals surface area contributed by atoms with Gasteiger partial charge < -0.3 is 4.74 Å². The van der Waals surface area contributed by atoms with Crippen LogP contribution in [0.15, 0.2) is 24.3 Å². The monoisotopic (exact) mass is 350 g/mol. The summed E-state index contributed by atoms with van der Waals surface area (Å²) in [5, 5.41) is 0. The number of carbonyl (C=O) groups is 1. The standard InChI is InChI=1S/C23H42O2/c1-3-4-5-6-7-8-9-10-11-12-13-14-15-16-17-18-19-20-21-22-23(24)25-2/h10-11,13-14H,3-9,12,15-22H2,1-2H3/b11-10+,14-13+. The minimum Gasteiger partial charge on any atom is -0.469 e. The van der Waals surface area contributed by atoms with E-state index >= 15 is 0 Å². The van der Waals surface area contributed by atoms with Crippen LogP contribution >= 0.6 is 0 Å². The Morgan fingerprint density at radius 2 is 1.16 bits per heavy atom. The fourth-order valence-electron chi connectivity index (χ4n) is 2.89. The molecular formula is C23H42O2. The minimum atomic E-state index is -0.0776. The molecule has 0 atom stereocenters. The van der Waals surface area contributed by atoms with E-state index in [1.54, 1.807) is 0 Å². The maximum Gasteiger partial charge on any atom is 0.305 e. The van der Waals surface area contributed by atoms with Crippen LogP contribution in [0.4, 0.5) is 0 Å². The van der Waals surface area contributed by atoms with Gasteiger partial charge in [-0.2, -0.15) is 0 Å². The Hall–Kier alpha value is -1.05. The highest BCUT2D eigenvalue weighted by Crippen LogP contribution is 2.10. The van der Waals surface area contributed by atoms with E-state index in [2.05, 4.69) is 36.0 Å². The second-order valence-electron chi connectivity index (χ2n) is 6.97. The van der Waals surface area contributed by atoms with Gasteiger partial charge in [0.25, 0.3) is 0 Å². The van der Waals surface area contributed by atoms with Crippen molar-refractivity contribution in [1.29, 1.82) is 0 Å². The smallest absolute Gasteiger partial charge is 0.305 e. The molecule has 0 N–H and O–H groups in total. The van der Waals surface area contributed by atoms with E-state index in [-0.39, 0.29) is 5.97 Å². The molecule has 0 spiro atoms. The molecule has 0 aliphatic carbocycles. The molecule has 0 radical (unpaired) electrons. The van der Waals surface area contributed by atoms with E-state index in [4.69, 9.17) is 0 Å². The average molecular weight is 351 g/mol. The van der Waals surface area contributed by atoms with E-state index in [1.165, 1.54) is 84.2 Å². The van der Waals surface area contributed by atoms with Crippen LogP contribution in [-0.2, 0) is 9.53 Å². The fraction of sp³-hybridized carbons (Fsp3) is 0.783. The van der Waals surface area contributed by atoms with Crippen molar-refractivity contribution in [1.82, 2.24) is 0 Å². The molecule has 25 heavy (non-hydrogen) atoms. The SMILES string of the molecule is CCCCCCCC/C=C/C/C=C/CCCCCCCCC(=O)OC. The third-order valence-electron chi connectivity index (χ3n) is 4.56. The molecule has 0 aromatic heterocycles. The Bertz CT molecular complexity index is 331. The predicted octanol–water partition coefficient (Wildman–Crippen LogP) is 7.53. The minimum absolute atomic E-state index is 0.0776. The molecule has 0 amide bonds. The lowest BCUT2D eigenvalue weighted by Crippen LogP contribution is -1.99. The molecule has 146 valence electrons. The second kappa shape index (κ2) is 21.0. The molecule has 0 saturated heterocycles. The lowest BCUT2D eigenvalue weighted by molar-refractivity contribution is -0.140. The summed E-state index contributed by atoms with van der Waals surface area (Å²) < 4.78 is 4.64. The van der Waals surface area contributed by atoms with Gasteiger partial charge in [-0.05, 0) is 38.5 Å². The molecule has 0 saturated carbocycles. The highest BCUT2D eigenvalue weighted by molar-refractivity contribution is 5.68. The van der Waals surface area contributed by atoms with E-state index < -0.39 is 0 Å². The average Bonchev–Trinajstić information content (AvgIpc) is 2.63. The van der Waals surface area contributed by atoms with Gasteiger partial charge in [0.15, 0.2) is 0 Å². The van der Waals surface area contributed by atoms with Crippen molar-refractivity contribution in [2.24, 2.45) is 0 Å². The molecule has 0 fully saturated rings. The summed E-state index contributed by atoms with van der Waals surface area (Å²) in [6.45, 7) is 2.27. The molecule has 0 unspecified atom stereocenters. The summed E-state index contributed by atoms with van der Waals surface area (Å²) in [4.78, 5) is 11.0. The molecule has 0 aliphatic heterocycles. The molecule has 2 nitrogen and oxygen atoms in total. The zero-order valence-electron chi connectivity index (χ0n) is 16.9. The number of carbonyl (C=O) groups excluding carboxylic acids is 1. The summed E-state index contributed by atoms with van der Waals surface area (Å²) in [5.74, 6) is -0.0776. The van der Waals surface area contributed by atoms with Gasteiger partial charge in [-0.1, -0.05) is 89.0 Å². The van der Waals surface area contributed by atoms with Gasteiger partial charge in [0.05, 0.1) is 7.11 Å². The van der Waals surface area contributed by atoms with E-state index in [9.17, 15) is 4.79 Å². The number of hydrogen-bond acceptors (Lipinski definition) is 2. The maximum atomic E-state index is 11.0. The second-order valence-corrected chi connectivity index (χ2v) is 6.97. The van der Waals surface area contributed by atoms with Crippen LogP contribution in [0, 0.1) is 0 Å². The van der Waals surface area contributed by atoms with Gasteiger partial charge in [0.2, 0.25) is 0 Å². The first kappa shape index (κ1) is 23.9. The van der Waals surface area contributed by atoms with Gasteiger partial charge in [0, 0.05) is 6.42 Å². The molecule has 0 rings (SSSR count). The van der Waals surface area contributed by atoms with Crippen molar-refractivity contribution in [3.05, 3.63) is 24.3 Å². The van der Waals surface area contributed by atoms with Crippen LogP contribution in [0.2, 0.25) is 0 Å². The third kappa shape index (κ3) is 20.9. The van der Waals surface area contributed by atoms with Gasteiger partial charge in [-0.15, -0.1) is 0 Å². The number of methoxy groups -OCH3 is 1. The van der Waals surface area contributed by atoms with Crippen LogP contribution in [0.3, 0.4) is 0 Å². The van der Waals surface area contributed by atoms with E-state index in [0.717, 1.165) is 19.3 Å². The Balaban J connectivity index is 3.20. The van der Waals surface area contributed by atoms with Crippen molar-refractivity contribution < 1.29 is 9.53 Å². The van der Waals surface area contributed by atoms with Gasteiger partial charge in [-0.3, -0.25) is 4.79 Å². The van der Waals surface area contributed by atoms with Crippen LogP contribution in [0.25, 0.3) is 0 Å². The number of allylic oxidation sites excluding steroid dienone is 4. The number of ether oxygens (including phenoxy) is 1. The fourth-order valence-corrected chi connectivity index (χ4v) is 2.89. The number of rotatable bonds is 18. The molecular weight excluding hydrogens is 308 g/mol. The first-order valence-electron chi connectivity index (χ1n) is 10.7. The summed E-state index contributed by atoms with van der Waals surface area (Å²) >= 11 is 0. The van der Waals surface area contributed by atoms with Crippen LogP contribution < -0.4 is 0 Å². The zero-order chi connectivity index (χ0) is 18.4. The molecule has 0 aromatic carbocycles. The molecule has 2 heteroatoms. The number of unbranched alkanes of at least 4 members (excludes halogenated alkanes) is 12. The Morgan fingerprint density at radius 1 is 0.680 bits per heavy atom. The largest absolute Gasteiger partial charge is 0.469 e. The Morgan fingerprint density at radius 3 is 1.68 bits per heavy atom. The molecule has 0 bridgehead atoms. The van der Waals surface area contributed by atoms with Gasteiger partial charge in [0.1, 0.15) is 0 Å². The Labute approximate surface area is 157 Å². The normalized spacial score (nSPS) is 11.6. The zero-order valence-corrected chi connectivity index (χ0v) is 16.9. The Kier molecular flexibility index (Phi) is 20.1. The third-order valence-corrected chi connectivity index (χ3v) is 4.56. The summed E-state index contributed by atoms with van der Waals surface area (Å²) in [6, 6.07) is 0. The first-order chi connectivity index (χ1) is 12.3. The maximum absolute atomic E-state index is 11.0. The van der Waals surface area contributed by atoms with Crippen molar-refractivity contribution in [3.63, 3.8) is 0 Å². The topological polar surface area (TPSA) is 26.3 Å². The molecule has 0 aromatic rings. The summed E-state index contributed by atoms with van der Waals surface area (Å²) in [5.41, 5.74) is 0. The molecule has 0 aliphatic rings. The summed E-state index contributed by atoms with van der Waals surface area (Å²) in [6.07, 6.45) is 28.9. The van der Waals surface area contributed by atoms with Crippen molar-refractivity contribution in [2.45, 2.75) is 110 Å². The van der Waals surface area contributed by atoms with Gasteiger partial charge in [-0.25, -0.2) is 0 Å². The van der Waals surface area contributed by atoms with Crippen molar-refractivity contribution in [3.8, 4) is 0 Å². The number of esters is 1. The van der Waals surface area contributed by atoms with Crippen LogP contribution in [0.1, 0.15) is 110 Å². The quantitative estimate of drug-likeness (QED) is 0.145. The van der Waals surface area contributed by atoms with Crippen molar-refractivity contribution >= 4 is 5.97 Å². The van der Waals surface area contributed by atoms with E-state index in [1.807, 2.05) is 0 Å². The highest BCUT2D eigenvalue weighted by atomic mass is 16.5. The number of hydrogen-bond donors (Lipinski definition) is 0. The lowest BCUT2D eigenvalue weighted by Gasteiger charge is -2.00. The predicted molar refractivity (Wildman–Crippen MR) is 110 cm³/mol. The van der Waals surface area contributed by atoms with Crippen molar-refractivity contribution in [2.75, 3.05) is 7.11 Å². The van der Waals surface area contributed by atoms with Crippen LogP contribution in [-0.4, -0.2) is 13.1 Å². The van der Waals surface area contributed by atoms with Crippen LogP contribution in [0.5, 0.6) is 0 Å². The highest BCUT2D eigenvalue weighted by Gasteiger charge is 1.98. The van der Waals surface area contributed by atoms with E-state index in [0.29, 0.717) is 6.42 Å². The summed E-state index contributed by atoms with van der Waals surface area (Å²) in [7, 11) is 1.46. The van der Waals surface area contributed by atoms with Gasteiger partial charge >= 0.3 is 5.97 Å².